The molecule has 0 aliphatic rings. The molecule has 3 aromatic rings. The summed E-state index contributed by atoms with van der Waals surface area (Å²) in [5, 5.41) is 2.90. The molecular weight excluding hydrogens is 403 g/mol. The quantitative estimate of drug-likeness (QED) is 0.268. The zero-order valence-corrected chi connectivity index (χ0v) is 18.1. The van der Waals surface area contributed by atoms with Crippen molar-refractivity contribution in [2.75, 3.05) is 13.7 Å². The lowest BCUT2D eigenvalue weighted by molar-refractivity contribution is -0.116. The van der Waals surface area contributed by atoms with Gasteiger partial charge < -0.3 is 10.1 Å². The van der Waals surface area contributed by atoms with Gasteiger partial charge in [-0.15, -0.1) is 0 Å². The Morgan fingerprint density at radius 2 is 1.88 bits per heavy atom. The maximum Gasteiger partial charge on any atom is 0.243 e. The van der Waals surface area contributed by atoms with Crippen LogP contribution in [0.15, 0.2) is 91.3 Å². The van der Waals surface area contributed by atoms with Gasteiger partial charge >= 0.3 is 0 Å². The molecule has 164 valence electrons. The van der Waals surface area contributed by atoms with Crippen molar-refractivity contribution < 1.29 is 13.9 Å². The van der Waals surface area contributed by atoms with Crippen LogP contribution in [0, 0.1) is 5.82 Å². The van der Waals surface area contributed by atoms with Gasteiger partial charge in [0.15, 0.2) is 0 Å². The molecule has 32 heavy (non-hydrogen) atoms. The molecule has 5 heteroatoms. The molecule has 1 heterocycles. The summed E-state index contributed by atoms with van der Waals surface area (Å²) in [6.07, 6.45) is 11.4. The molecular formula is C27H27FN2O2. The average Bonchev–Trinajstić information content (AvgIpc) is 2.82. The Bertz CT molecular complexity index is 1080. The second kappa shape index (κ2) is 12.2. The number of hydrogen-bond acceptors (Lipinski definition) is 3. The number of carbonyl (C=O) groups is 1. The lowest BCUT2D eigenvalue weighted by Gasteiger charge is -2.10. The van der Waals surface area contributed by atoms with Crippen molar-refractivity contribution in [1.29, 1.82) is 0 Å². The highest BCUT2D eigenvalue weighted by Gasteiger charge is 2.07. The largest absolute Gasteiger partial charge is 0.497 e. The minimum atomic E-state index is -0.315. The second-order valence-electron chi connectivity index (χ2n) is 7.29. The van der Waals surface area contributed by atoms with Crippen molar-refractivity contribution in [3.8, 4) is 5.75 Å². The highest BCUT2D eigenvalue weighted by Crippen LogP contribution is 2.27. The van der Waals surface area contributed by atoms with E-state index in [1.165, 1.54) is 23.8 Å². The van der Waals surface area contributed by atoms with Crippen molar-refractivity contribution in [2.24, 2.45) is 0 Å². The van der Waals surface area contributed by atoms with Crippen LogP contribution >= 0.6 is 0 Å². The molecule has 3 rings (SSSR count). The van der Waals surface area contributed by atoms with Crippen LogP contribution in [-0.4, -0.2) is 24.5 Å². The molecule has 0 saturated carbocycles. The Hall–Kier alpha value is -3.73. The van der Waals surface area contributed by atoms with Gasteiger partial charge in [-0.2, -0.15) is 0 Å². The number of nitrogens with one attached hydrogen (secondary N) is 1. The first kappa shape index (κ1) is 22.9. The summed E-state index contributed by atoms with van der Waals surface area (Å²) >= 11 is 0. The molecule has 1 aromatic heterocycles. The van der Waals surface area contributed by atoms with Gasteiger partial charge in [0.05, 0.1) is 7.11 Å². The van der Waals surface area contributed by atoms with Gasteiger partial charge in [-0.25, -0.2) is 4.39 Å². The van der Waals surface area contributed by atoms with E-state index >= 15 is 0 Å². The third-order valence-corrected chi connectivity index (χ3v) is 4.94. The van der Waals surface area contributed by atoms with E-state index in [4.69, 9.17) is 4.74 Å². The molecule has 0 aliphatic carbocycles. The van der Waals surface area contributed by atoms with Crippen LogP contribution in [0.3, 0.4) is 0 Å². The number of allylic oxidation sites excluding steroid dienone is 2. The Morgan fingerprint density at radius 3 is 2.62 bits per heavy atom. The number of pyridine rings is 1. The van der Waals surface area contributed by atoms with Crippen LogP contribution in [0.4, 0.5) is 4.39 Å². The first-order chi connectivity index (χ1) is 15.7. The number of halogens is 1. The summed E-state index contributed by atoms with van der Waals surface area (Å²) in [4.78, 5) is 16.3. The zero-order valence-electron chi connectivity index (χ0n) is 18.1. The molecule has 0 saturated heterocycles. The van der Waals surface area contributed by atoms with Gasteiger partial charge in [-0.3, -0.25) is 9.78 Å². The molecule has 0 fully saturated rings. The van der Waals surface area contributed by atoms with Crippen LogP contribution in [0.25, 0.3) is 5.57 Å². The number of aromatic nitrogens is 1. The Kier molecular flexibility index (Phi) is 8.75. The standard InChI is InChI=1S/C27H27FN2O2/c1-32-25-13-5-11-23(19-25)26(22-10-4-12-24(28)18-22)14-6-15-27(31)30-17-3-2-8-21-9-7-16-29-20-21/h4-7,9-16,18-20H,2-3,8,17H2,1H3,(H,30,31)/b15-6+,26-14+. The third-order valence-electron chi connectivity index (χ3n) is 4.94. The van der Waals surface area contributed by atoms with Gasteiger partial charge in [-0.1, -0.05) is 42.5 Å². The summed E-state index contributed by atoms with van der Waals surface area (Å²) in [5.74, 6) is 0.231. The van der Waals surface area contributed by atoms with Crippen LogP contribution in [0.1, 0.15) is 29.5 Å². The number of hydrogen-bond donors (Lipinski definition) is 1. The van der Waals surface area contributed by atoms with Crippen LogP contribution in [0.2, 0.25) is 0 Å². The molecule has 0 atom stereocenters. The molecule has 1 N–H and O–H groups in total. The minimum Gasteiger partial charge on any atom is -0.497 e. The predicted molar refractivity (Wildman–Crippen MR) is 126 cm³/mol. The topological polar surface area (TPSA) is 51.2 Å². The lowest BCUT2D eigenvalue weighted by atomic mass is 9.97. The monoisotopic (exact) mass is 430 g/mol. The summed E-state index contributed by atoms with van der Waals surface area (Å²) in [7, 11) is 1.60. The van der Waals surface area contributed by atoms with E-state index < -0.39 is 0 Å². The van der Waals surface area contributed by atoms with E-state index in [9.17, 15) is 9.18 Å². The fourth-order valence-electron chi connectivity index (χ4n) is 3.31. The van der Waals surface area contributed by atoms with Crippen LogP contribution in [-0.2, 0) is 11.2 Å². The third kappa shape index (κ3) is 7.20. The van der Waals surface area contributed by atoms with E-state index in [1.807, 2.05) is 48.7 Å². The molecule has 0 radical (unpaired) electrons. The van der Waals surface area contributed by atoms with Gasteiger partial charge in [0.2, 0.25) is 5.91 Å². The van der Waals surface area contributed by atoms with Crippen molar-refractivity contribution >= 4 is 11.5 Å². The molecule has 0 bridgehead atoms. The highest BCUT2D eigenvalue weighted by atomic mass is 19.1. The number of benzene rings is 2. The van der Waals surface area contributed by atoms with Crippen LogP contribution in [0.5, 0.6) is 5.75 Å². The van der Waals surface area contributed by atoms with Crippen molar-refractivity contribution in [2.45, 2.75) is 19.3 Å². The number of carbonyl (C=O) groups excluding carboxylic acids is 1. The van der Waals surface area contributed by atoms with Crippen molar-refractivity contribution in [1.82, 2.24) is 10.3 Å². The second-order valence-corrected chi connectivity index (χ2v) is 7.29. The maximum atomic E-state index is 13.8. The summed E-state index contributed by atoms with van der Waals surface area (Å²) in [6, 6.07) is 17.9. The normalized spacial score (nSPS) is 11.5. The number of methoxy groups -OCH3 is 1. The molecule has 2 aromatic carbocycles. The minimum absolute atomic E-state index is 0.160. The SMILES string of the molecule is COc1cccc(/C(=C/C=C/C(=O)NCCCCc2cccnc2)c2cccc(F)c2)c1. The average molecular weight is 431 g/mol. The van der Waals surface area contributed by atoms with E-state index in [0.29, 0.717) is 12.3 Å². The summed E-state index contributed by atoms with van der Waals surface area (Å²) < 4.78 is 19.1. The van der Waals surface area contributed by atoms with E-state index in [0.717, 1.165) is 36.0 Å². The summed E-state index contributed by atoms with van der Waals surface area (Å²) in [5.41, 5.74) is 3.59. The Labute approximate surface area is 188 Å². The first-order valence-corrected chi connectivity index (χ1v) is 10.6. The molecule has 0 spiro atoms. The fourth-order valence-corrected chi connectivity index (χ4v) is 3.31. The molecule has 1 amide bonds. The number of nitrogens with zero attached hydrogens (tertiary/aromatic N) is 1. The lowest BCUT2D eigenvalue weighted by Crippen LogP contribution is -2.22. The number of unbranched alkanes of at least 4 members (excludes halogenated alkanes) is 1. The Morgan fingerprint density at radius 1 is 1.06 bits per heavy atom. The van der Waals surface area contributed by atoms with Gasteiger partial charge in [-0.05, 0) is 71.9 Å². The first-order valence-electron chi connectivity index (χ1n) is 10.6. The number of aryl methyl sites for hydroxylation is 1. The zero-order chi connectivity index (χ0) is 22.6. The maximum absolute atomic E-state index is 13.8. The fraction of sp³-hybridized carbons (Fsp3) is 0.185. The van der Waals surface area contributed by atoms with Gasteiger partial charge in [0, 0.05) is 25.0 Å². The molecule has 4 nitrogen and oxygen atoms in total. The number of amides is 1. The molecule has 0 unspecified atom stereocenters. The number of ether oxygens (including phenoxy) is 1. The highest BCUT2D eigenvalue weighted by molar-refractivity contribution is 5.89. The van der Waals surface area contributed by atoms with Gasteiger partial charge in [0.1, 0.15) is 11.6 Å². The number of rotatable bonds is 10. The Balaban J connectivity index is 1.60. The van der Waals surface area contributed by atoms with Crippen molar-refractivity contribution in [3.63, 3.8) is 0 Å². The predicted octanol–water partition coefficient (Wildman–Crippen LogP) is 5.36. The van der Waals surface area contributed by atoms with E-state index in [1.54, 1.807) is 25.4 Å². The molecule has 0 aliphatic heterocycles. The van der Waals surface area contributed by atoms with Crippen molar-refractivity contribution in [3.05, 3.63) is 114 Å². The van der Waals surface area contributed by atoms with E-state index in [-0.39, 0.29) is 11.7 Å². The smallest absolute Gasteiger partial charge is 0.243 e. The summed E-state index contributed by atoms with van der Waals surface area (Å²) in [6.45, 7) is 0.611. The van der Waals surface area contributed by atoms with Crippen LogP contribution < -0.4 is 10.1 Å². The van der Waals surface area contributed by atoms with Gasteiger partial charge in [0.25, 0.3) is 0 Å². The van der Waals surface area contributed by atoms with E-state index in [2.05, 4.69) is 16.4 Å².